The zero-order valence-electron chi connectivity index (χ0n) is 8.41. The highest BCUT2D eigenvalue weighted by molar-refractivity contribution is 5.83. The molecule has 0 amide bonds. The Labute approximate surface area is 90.0 Å². The van der Waals surface area contributed by atoms with Gasteiger partial charge in [-0.3, -0.25) is 4.79 Å². The number of carbonyl (C=O) groups is 1. The Bertz CT molecular complexity index is 408. The highest BCUT2D eigenvalue weighted by Crippen LogP contribution is 2.40. The van der Waals surface area contributed by atoms with Crippen LogP contribution in [-0.2, 0) is 15.7 Å². The first-order valence-electron chi connectivity index (χ1n) is 4.72. The normalized spacial score (nSPS) is 24.2. The van der Waals surface area contributed by atoms with Gasteiger partial charge in [0.2, 0.25) is 0 Å². The molecule has 1 aromatic carbocycles. The maximum absolute atomic E-state index is 12.3. The van der Waals surface area contributed by atoms with Gasteiger partial charge in [0, 0.05) is 0 Å². The molecule has 1 aliphatic heterocycles. The summed E-state index contributed by atoms with van der Waals surface area (Å²) in [6, 6.07) is 4.68. The SMILES string of the molecule is CC(=O)[C@@H]1O[C@@H]1c1ccc(C(F)(F)F)cc1. The van der Waals surface area contributed by atoms with E-state index in [9.17, 15) is 18.0 Å². The van der Waals surface area contributed by atoms with Gasteiger partial charge in [-0.15, -0.1) is 0 Å². The Hall–Kier alpha value is -1.36. The second kappa shape index (κ2) is 3.59. The lowest BCUT2D eigenvalue weighted by atomic mass is 10.1. The van der Waals surface area contributed by atoms with Gasteiger partial charge >= 0.3 is 6.18 Å². The fourth-order valence-electron chi connectivity index (χ4n) is 1.54. The van der Waals surface area contributed by atoms with E-state index in [1.807, 2.05) is 0 Å². The molecule has 0 unspecified atom stereocenters. The van der Waals surface area contributed by atoms with Crippen LogP contribution in [0.2, 0.25) is 0 Å². The summed E-state index contributed by atoms with van der Waals surface area (Å²) in [5.41, 5.74) is -0.0931. The van der Waals surface area contributed by atoms with E-state index in [0.717, 1.165) is 12.1 Å². The Morgan fingerprint density at radius 1 is 1.25 bits per heavy atom. The summed E-state index contributed by atoms with van der Waals surface area (Å²) in [6.07, 6.45) is -5.19. The fourth-order valence-corrected chi connectivity index (χ4v) is 1.54. The minimum Gasteiger partial charge on any atom is -0.356 e. The molecule has 0 N–H and O–H groups in total. The van der Waals surface area contributed by atoms with Crippen molar-refractivity contribution in [2.45, 2.75) is 25.3 Å². The second-order valence-corrected chi connectivity index (χ2v) is 3.71. The topological polar surface area (TPSA) is 29.6 Å². The van der Waals surface area contributed by atoms with Gasteiger partial charge in [-0.25, -0.2) is 0 Å². The van der Waals surface area contributed by atoms with Gasteiger partial charge in [0.15, 0.2) is 5.78 Å². The molecule has 1 heterocycles. The Morgan fingerprint density at radius 3 is 2.19 bits per heavy atom. The molecule has 0 bridgehead atoms. The van der Waals surface area contributed by atoms with Crippen LogP contribution < -0.4 is 0 Å². The summed E-state index contributed by atoms with van der Waals surface area (Å²) >= 11 is 0. The van der Waals surface area contributed by atoms with Crippen molar-refractivity contribution < 1.29 is 22.7 Å². The van der Waals surface area contributed by atoms with E-state index in [1.165, 1.54) is 19.1 Å². The zero-order chi connectivity index (χ0) is 11.9. The highest BCUT2D eigenvalue weighted by atomic mass is 19.4. The smallest absolute Gasteiger partial charge is 0.356 e. The summed E-state index contributed by atoms with van der Waals surface area (Å²) in [6.45, 7) is 1.40. The molecule has 0 spiro atoms. The molecule has 86 valence electrons. The molecule has 0 aromatic heterocycles. The number of halogens is 3. The van der Waals surface area contributed by atoms with Crippen LogP contribution in [0.25, 0.3) is 0 Å². The first-order chi connectivity index (χ1) is 7.39. The van der Waals surface area contributed by atoms with Gasteiger partial charge in [-0.1, -0.05) is 12.1 Å². The first-order valence-corrected chi connectivity index (χ1v) is 4.72. The molecule has 1 aromatic rings. The van der Waals surface area contributed by atoms with Crippen LogP contribution >= 0.6 is 0 Å². The third-order valence-corrected chi connectivity index (χ3v) is 2.46. The van der Waals surface area contributed by atoms with Crippen molar-refractivity contribution in [3.05, 3.63) is 35.4 Å². The first kappa shape index (κ1) is 11.1. The fraction of sp³-hybridized carbons (Fsp3) is 0.364. The standard InChI is InChI=1S/C11H9F3O2/c1-6(15)9-10(16-9)7-2-4-8(5-3-7)11(12,13)14/h2-5,9-10H,1H3/t9-,10+/m0/s1. The predicted molar refractivity (Wildman–Crippen MR) is 49.7 cm³/mol. The summed E-state index contributed by atoms with van der Waals surface area (Å²) in [5, 5.41) is 0. The third-order valence-electron chi connectivity index (χ3n) is 2.46. The number of ketones is 1. The minimum atomic E-state index is -4.33. The van der Waals surface area contributed by atoms with Crippen molar-refractivity contribution in [1.82, 2.24) is 0 Å². The minimum absolute atomic E-state index is 0.107. The molecule has 0 radical (unpaired) electrons. The van der Waals surface area contributed by atoms with Gasteiger partial charge in [0.25, 0.3) is 0 Å². The maximum atomic E-state index is 12.3. The average Bonchev–Trinajstić information content (AvgIpc) is 2.96. The molecule has 1 fully saturated rings. The van der Waals surface area contributed by atoms with Crippen molar-refractivity contribution in [2.75, 3.05) is 0 Å². The summed E-state index contributed by atoms with van der Waals surface area (Å²) in [4.78, 5) is 10.9. The lowest BCUT2D eigenvalue weighted by Crippen LogP contribution is -2.05. The third kappa shape index (κ3) is 2.09. The Morgan fingerprint density at radius 2 is 1.81 bits per heavy atom. The molecule has 2 atom stereocenters. The van der Waals surface area contributed by atoms with Crippen molar-refractivity contribution >= 4 is 5.78 Å². The lowest BCUT2D eigenvalue weighted by Gasteiger charge is -2.06. The van der Waals surface area contributed by atoms with Crippen LogP contribution in [0.15, 0.2) is 24.3 Å². The Kier molecular flexibility index (Phi) is 2.50. The van der Waals surface area contributed by atoms with Crippen LogP contribution in [0.5, 0.6) is 0 Å². The van der Waals surface area contributed by atoms with Crippen LogP contribution in [0, 0.1) is 0 Å². The molecule has 1 aliphatic rings. The summed E-state index contributed by atoms with van der Waals surface area (Å²) in [7, 11) is 0. The molecule has 5 heteroatoms. The molecular formula is C11H9F3O2. The average molecular weight is 230 g/mol. The van der Waals surface area contributed by atoms with Crippen molar-refractivity contribution in [3.63, 3.8) is 0 Å². The number of rotatable bonds is 2. The number of epoxide rings is 1. The van der Waals surface area contributed by atoms with Gasteiger partial charge in [-0.2, -0.15) is 13.2 Å². The van der Waals surface area contributed by atoms with Crippen LogP contribution in [-0.4, -0.2) is 11.9 Å². The molecule has 16 heavy (non-hydrogen) atoms. The largest absolute Gasteiger partial charge is 0.416 e. The molecule has 1 saturated heterocycles. The molecular weight excluding hydrogens is 221 g/mol. The van der Waals surface area contributed by atoms with Gasteiger partial charge in [0.05, 0.1) is 5.56 Å². The highest BCUT2D eigenvalue weighted by Gasteiger charge is 2.44. The quantitative estimate of drug-likeness (QED) is 0.731. The van der Waals surface area contributed by atoms with Crippen molar-refractivity contribution in [1.29, 1.82) is 0 Å². The van der Waals surface area contributed by atoms with E-state index in [0.29, 0.717) is 5.56 Å². The lowest BCUT2D eigenvalue weighted by molar-refractivity contribution is -0.137. The molecule has 0 saturated carbocycles. The van der Waals surface area contributed by atoms with Gasteiger partial charge < -0.3 is 4.74 Å². The zero-order valence-corrected chi connectivity index (χ0v) is 8.41. The monoisotopic (exact) mass is 230 g/mol. The van der Waals surface area contributed by atoms with Crippen LogP contribution in [0.4, 0.5) is 13.2 Å². The van der Waals surface area contributed by atoms with E-state index in [2.05, 4.69) is 0 Å². The number of hydrogen-bond donors (Lipinski definition) is 0. The van der Waals surface area contributed by atoms with Crippen LogP contribution in [0.3, 0.4) is 0 Å². The second-order valence-electron chi connectivity index (χ2n) is 3.71. The number of benzene rings is 1. The van der Waals surface area contributed by atoms with E-state index in [1.54, 1.807) is 0 Å². The number of alkyl halides is 3. The summed E-state index contributed by atoms with van der Waals surface area (Å²) < 4.78 is 41.8. The van der Waals surface area contributed by atoms with Crippen molar-refractivity contribution in [3.8, 4) is 0 Å². The predicted octanol–water partition coefficient (Wildman–Crippen LogP) is 2.73. The molecule has 0 aliphatic carbocycles. The number of Topliss-reactive ketones (excluding diaryl/α,β-unsaturated/α-hetero) is 1. The van der Waals surface area contributed by atoms with Crippen molar-refractivity contribution in [2.24, 2.45) is 0 Å². The number of ether oxygens (including phenoxy) is 1. The van der Waals surface area contributed by atoms with Crippen LogP contribution in [0.1, 0.15) is 24.2 Å². The molecule has 2 rings (SSSR count). The summed E-state index contributed by atoms with van der Waals surface area (Å²) in [5.74, 6) is -0.107. The molecule has 2 nitrogen and oxygen atoms in total. The van der Waals surface area contributed by atoms with E-state index in [4.69, 9.17) is 4.74 Å². The number of carbonyl (C=O) groups excluding carboxylic acids is 1. The van der Waals surface area contributed by atoms with E-state index >= 15 is 0 Å². The Balaban J connectivity index is 2.13. The number of hydrogen-bond acceptors (Lipinski definition) is 2. The van der Waals surface area contributed by atoms with Gasteiger partial charge in [0.1, 0.15) is 12.2 Å². The van der Waals surface area contributed by atoms with Gasteiger partial charge in [-0.05, 0) is 24.6 Å². The maximum Gasteiger partial charge on any atom is 0.416 e. The van der Waals surface area contributed by atoms with E-state index in [-0.39, 0.29) is 11.9 Å². The van der Waals surface area contributed by atoms with E-state index < -0.39 is 17.8 Å².